The lowest BCUT2D eigenvalue weighted by Gasteiger charge is -2.06. The Labute approximate surface area is 156 Å². The largest absolute Gasteiger partial charge is 0.492 e. The minimum Gasteiger partial charge on any atom is -0.492 e. The third kappa shape index (κ3) is 3.24. The van der Waals surface area contributed by atoms with Gasteiger partial charge in [0.25, 0.3) is 0 Å². The maximum Gasteiger partial charge on any atom is 0.231 e. The molecule has 2 heterocycles. The number of hydrogen-bond acceptors (Lipinski definition) is 6. The number of hydrogen-bond donors (Lipinski definition) is 2. The summed E-state index contributed by atoms with van der Waals surface area (Å²) in [5.74, 6) is -0.0654. The van der Waals surface area contributed by atoms with Crippen molar-refractivity contribution in [1.82, 2.24) is 4.98 Å². The Hall–Kier alpha value is -2.41. The number of rotatable bonds is 3. The van der Waals surface area contributed by atoms with Gasteiger partial charge in [-0.25, -0.2) is 9.98 Å². The molecular weight excluding hydrogens is 379 g/mol. The Morgan fingerprint density at radius 3 is 2.72 bits per heavy atom. The topological polar surface area (TPSA) is 69.9 Å². The molecule has 0 unspecified atom stereocenters. The molecule has 2 N–H and O–H groups in total. The van der Waals surface area contributed by atoms with E-state index in [0.29, 0.717) is 25.7 Å². The van der Waals surface area contributed by atoms with E-state index in [1.807, 2.05) is 24.3 Å². The molecule has 4 rings (SSSR count). The van der Waals surface area contributed by atoms with Gasteiger partial charge in [0.05, 0.1) is 31.7 Å². The van der Waals surface area contributed by atoms with Crippen molar-refractivity contribution >= 4 is 63.5 Å². The molecule has 1 aromatic heterocycles. The predicted molar refractivity (Wildman–Crippen MR) is 102 cm³/mol. The second kappa shape index (κ2) is 6.48. The first-order valence-electron chi connectivity index (χ1n) is 7.23. The van der Waals surface area contributed by atoms with Crippen molar-refractivity contribution < 1.29 is 5.11 Å². The lowest BCUT2D eigenvalue weighted by Crippen LogP contribution is -2.06. The molecule has 124 valence electrons. The Bertz CT molecular complexity index is 1100. The smallest absolute Gasteiger partial charge is 0.231 e. The molecule has 0 atom stereocenters. The zero-order valence-electron chi connectivity index (χ0n) is 12.6. The van der Waals surface area contributed by atoms with Gasteiger partial charge in [-0.3, -0.25) is 0 Å². The molecule has 3 aromatic rings. The van der Waals surface area contributed by atoms with Crippen LogP contribution in [0.25, 0.3) is 6.08 Å². The number of fused-ring (bicyclic) bond motifs is 1. The summed E-state index contributed by atoms with van der Waals surface area (Å²) in [7, 11) is 0. The Kier molecular flexibility index (Phi) is 4.17. The van der Waals surface area contributed by atoms with Crippen LogP contribution < -0.4 is 15.9 Å². The van der Waals surface area contributed by atoms with E-state index in [1.165, 1.54) is 17.7 Å². The number of aromatic hydroxyl groups is 1. The van der Waals surface area contributed by atoms with Gasteiger partial charge in [-0.05, 0) is 35.6 Å². The van der Waals surface area contributed by atoms with Crippen LogP contribution in [0.3, 0.4) is 0 Å². The summed E-state index contributed by atoms with van der Waals surface area (Å²) >= 11 is 13.6. The first-order valence-corrected chi connectivity index (χ1v) is 8.80. The number of thiazole rings is 1. The fourth-order valence-corrected chi connectivity index (χ4v) is 3.66. The normalized spacial score (nSPS) is 13.0. The highest BCUT2D eigenvalue weighted by Crippen LogP contribution is 2.36. The van der Waals surface area contributed by atoms with Crippen molar-refractivity contribution in [3.63, 3.8) is 0 Å². The van der Waals surface area contributed by atoms with Crippen LogP contribution in [-0.4, -0.2) is 16.4 Å². The highest BCUT2D eigenvalue weighted by Gasteiger charge is 2.12. The standard InChI is InChI=1S/C17H10Cl2N4OS/c18-10-2-1-3-11(19)15(10)22-17-23-16(24)14(25-17)7-9-4-5-12-13(6-9)21-8-20-12/h1-8,24H,(H,22,23). The van der Waals surface area contributed by atoms with Crippen LogP contribution in [0.2, 0.25) is 10.0 Å². The van der Waals surface area contributed by atoms with Gasteiger partial charge in [-0.15, -0.1) is 0 Å². The Morgan fingerprint density at radius 1 is 1.12 bits per heavy atom. The molecule has 1 aliphatic heterocycles. The summed E-state index contributed by atoms with van der Waals surface area (Å²) in [4.78, 5) is 13.0. The number of nitrogens with one attached hydrogen (secondary N) is 1. The molecule has 2 aromatic carbocycles. The minimum atomic E-state index is -0.0654. The van der Waals surface area contributed by atoms with Crippen molar-refractivity contribution in [2.45, 2.75) is 0 Å². The van der Waals surface area contributed by atoms with Gasteiger partial charge in [-0.1, -0.05) is 46.7 Å². The number of halogens is 2. The zero-order valence-corrected chi connectivity index (χ0v) is 14.9. The average molecular weight is 389 g/mol. The van der Waals surface area contributed by atoms with E-state index in [4.69, 9.17) is 23.2 Å². The molecule has 0 radical (unpaired) electrons. The van der Waals surface area contributed by atoms with Crippen molar-refractivity contribution in [1.29, 1.82) is 0 Å². The fraction of sp³-hybridized carbons (Fsp3) is 0. The van der Waals surface area contributed by atoms with Gasteiger partial charge in [0.15, 0.2) is 5.13 Å². The van der Waals surface area contributed by atoms with Crippen LogP contribution in [0.15, 0.2) is 46.4 Å². The van der Waals surface area contributed by atoms with Crippen LogP contribution in [0.1, 0.15) is 4.88 Å². The quantitative estimate of drug-likeness (QED) is 0.711. The fourth-order valence-electron chi connectivity index (χ4n) is 2.34. The second-order valence-corrected chi connectivity index (χ2v) is 7.04. The van der Waals surface area contributed by atoms with E-state index >= 15 is 0 Å². The van der Waals surface area contributed by atoms with Crippen molar-refractivity contribution in [3.8, 4) is 5.88 Å². The maximum atomic E-state index is 10.1. The molecule has 0 amide bonds. The SMILES string of the molecule is Oc1nc(Nc2c(Cl)cccc2Cl)sc1C=c1ccc2c(c1)N=CN=2. The number of aromatic nitrogens is 1. The molecule has 0 spiro atoms. The summed E-state index contributed by atoms with van der Waals surface area (Å²) in [5.41, 5.74) is 1.36. The van der Waals surface area contributed by atoms with Crippen LogP contribution in [0, 0.1) is 0 Å². The van der Waals surface area contributed by atoms with Gasteiger partial charge >= 0.3 is 0 Å². The van der Waals surface area contributed by atoms with Crippen LogP contribution >= 0.6 is 34.5 Å². The van der Waals surface area contributed by atoms with Gasteiger partial charge < -0.3 is 10.4 Å². The summed E-state index contributed by atoms with van der Waals surface area (Å²) < 4.78 is 0. The number of anilines is 2. The lowest BCUT2D eigenvalue weighted by atomic mass is 10.2. The predicted octanol–water partition coefficient (Wildman–Crippen LogP) is 4.02. The number of nitrogens with zero attached hydrogens (tertiary/aromatic N) is 3. The van der Waals surface area contributed by atoms with Crippen LogP contribution in [0.5, 0.6) is 5.88 Å². The van der Waals surface area contributed by atoms with Gasteiger partial charge in [0, 0.05) is 0 Å². The number of para-hydroxylation sites is 1. The molecule has 8 heteroatoms. The van der Waals surface area contributed by atoms with Gasteiger partial charge in [0.1, 0.15) is 6.34 Å². The van der Waals surface area contributed by atoms with Crippen LogP contribution in [0.4, 0.5) is 16.5 Å². The highest BCUT2D eigenvalue weighted by atomic mass is 35.5. The Morgan fingerprint density at radius 2 is 1.92 bits per heavy atom. The summed E-state index contributed by atoms with van der Waals surface area (Å²) in [6.07, 6.45) is 3.36. The molecule has 0 fully saturated rings. The van der Waals surface area contributed by atoms with Crippen molar-refractivity contribution in [3.05, 3.63) is 61.9 Å². The maximum absolute atomic E-state index is 10.1. The summed E-state index contributed by atoms with van der Waals surface area (Å²) in [6, 6.07) is 10.9. The Balaban J connectivity index is 1.68. The first-order chi connectivity index (χ1) is 12.1. The first kappa shape index (κ1) is 16.1. The molecule has 5 nitrogen and oxygen atoms in total. The third-order valence-corrected chi connectivity index (χ3v) is 5.06. The molecule has 25 heavy (non-hydrogen) atoms. The number of benzene rings is 2. The zero-order chi connectivity index (χ0) is 17.4. The van der Waals surface area contributed by atoms with E-state index in [9.17, 15) is 5.11 Å². The van der Waals surface area contributed by atoms with E-state index in [1.54, 1.807) is 18.2 Å². The molecule has 0 bridgehead atoms. The van der Waals surface area contributed by atoms with Gasteiger partial charge in [0.2, 0.25) is 5.88 Å². The molecule has 0 saturated heterocycles. The summed E-state index contributed by atoms with van der Waals surface area (Å²) in [5, 5.41) is 16.4. The average Bonchev–Trinajstić information content (AvgIpc) is 3.18. The molecular formula is C17H10Cl2N4OS. The molecule has 0 saturated carbocycles. The van der Waals surface area contributed by atoms with E-state index in [2.05, 4.69) is 20.3 Å². The van der Waals surface area contributed by atoms with E-state index < -0.39 is 0 Å². The van der Waals surface area contributed by atoms with E-state index in [0.717, 1.165) is 16.3 Å². The van der Waals surface area contributed by atoms with Crippen molar-refractivity contribution in [2.75, 3.05) is 5.32 Å². The number of aliphatic imine (C=N–C) groups is 1. The monoisotopic (exact) mass is 388 g/mol. The molecule has 0 aliphatic carbocycles. The summed E-state index contributed by atoms with van der Waals surface area (Å²) in [6.45, 7) is 0. The van der Waals surface area contributed by atoms with Crippen molar-refractivity contribution in [2.24, 2.45) is 9.98 Å². The second-order valence-electron chi connectivity index (χ2n) is 5.19. The highest BCUT2D eigenvalue weighted by molar-refractivity contribution is 7.16. The van der Waals surface area contributed by atoms with Gasteiger partial charge in [-0.2, -0.15) is 4.98 Å². The lowest BCUT2D eigenvalue weighted by molar-refractivity contribution is 0.457. The molecule has 1 aliphatic rings. The van der Waals surface area contributed by atoms with E-state index in [-0.39, 0.29) is 5.88 Å². The third-order valence-electron chi connectivity index (χ3n) is 3.52. The minimum absolute atomic E-state index is 0.0654. The van der Waals surface area contributed by atoms with Crippen LogP contribution in [-0.2, 0) is 0 Å².